The van der Waals surface area contributed by atoms with E-state index in [1.807, 2.05) is 6.07 Å². The predicted octanol–water partition coefficient (Wildman–Crippen LogP) is 3.35. The van der Waals surface area contributed by atoms with E-state index in [2.05, 4.69) is 37.2 Å². The first kappa shape index (κ1) is 14.8. The molecule has 0 aliphatic heterocycles. The summed E-state index contributed by atoms with van der Waals surface area (Å²) in [5, 5.41) is 12.6. The zero-order chi connectivity index (χ0) is 13.5. The number of hydrogen-bond acceptors (Lipinski definition) is 3. The summed E-state index contributed by atoms with van der Waals surface area (Å²) in [5.41, 5.74) is 1.47. The maximum atomic E-state index is 8.75. The molecule has 1 rings (SSSR count). The summed E-state index contributed by atoms with van der Waals surface area (Å²) in [7, 11) is 2.12. The van der Waals surface area contributed by atoms with Gasteiger partial charge in [-0.25, -0.2) is 0 Å². The molecule has 0 aliphatic rings. The zero-order valence-electron chi connectivity index (χ0n) is 11.2. The van der Waals surface area contributed by atoms with Crippen LogP contribution in [0.3, 0.4) is 0 Å². The first-order chi connectivity index (χ1) is 8.58. The lowest BCUT2D eigenvalue weighted by Crippen LogP contribution is -2.32. The minimum atomic E-state index is 0.585. The van der Waals surface area contributed by atoms with Gasteiger partial charge in [-0.1, -0.05) is 18.5 Å². The van der Waals surface area contributed by atoms with Gasteiger partial charge in [0, 0.05) is 19.1 Å². The van der Waals surface area contributed by atoms with Crippen LogP contribution in [-0.2, 0) is 0 Å². The Bertz CT molecular complexity index is 426. The number of nitriles is 1. The lowest BCUT2D eigenvalue weighted by molar-refractivity contribution is 0.261. The SMILES string of the molecule is CCC(C)N(C)CCNc1ccc(C#N)cc1Cl. The Hall–Kier alpha value is -1.24. The highest BCUT2D eigenvalue weighted by Gasteiger charge is 2.06. The van der Waals surface area contributed by atoms with Crippen LogP contribution in [0.5, 0.6) is 0 Å². The average Bonchev–Trinajstić information content (AvgIpc) is 2.39. The summed E-state index contributed by atoms with van der Waals surface area (Å²) in [6.45, 7) is 6.21. The third kappa shape index (κ3) is 4.21. The zero-order valence-corrected chi connectivity index (χ0v) is 12.0. The molecule has 1 N–H and O–H groups in total. The van der Waals surface area contributed by atoms with Gasteiger partial charge in [0.15, 0.2) is 0 Å². The highest BCUT2D eigenvalue weighted by Crippen LogP contribution is 2.22. The number of anilines is 1. The average molecular weight is 266 g/mol. The van der Waals surface area contributed by atoms with Crippen molar-refractivity contribution in [3.8, 4) is 6.07 Å². The van der Waals surface area contributed by atoms with Crippen LogP contribution in [0.15, 0.2) is 18.2 Å². The molecule has 0 aromatic heterocycles. The number of hydrogen-bond donors (Lipinski definition) is 1. The molecule has 1 aromatic rings. The van der Waals surface area contributed by atoms with E-state index in [1.165, 1.54) is 0 Å². The Balaban J connectivity index is 2.47. The Kier molecular flexibility index (Phi) is 5.97. The molecule has 0 aliphatic carbocycles. The molecule has 18 heavy (non-hydrogen) atoms. The molecule has 4 heteroatoms. The van der Waals surface area contributed by atoms with Crippen molar-refractivity contribution < 1.29 is 0 Å². The van der Waals surface area contributed by atoms with Crippen molar-refractivity contribution in [1.82, 2.24) is 4.90 Å². The summed E-state index contributed by atoms with van der Waals surface area (Å²) < 4.78 is 0. The largest absolute Gasteiger partial charge is 0.383 e. The second kappa shape index (κ2) is 7.25. The van der Waals surface area contributed by atoms with E-state index < -0.39 is 0 Å². The molecule has 0 amide bonds. The normalized spacial score (nSPS) is 12.2. The fourth-order valence-corrected chi connectivity index (χ4v) is 1.87. The van der Waals surface area contributed by atoms with Crippen molar-refractivity contribution >= 4 is 17.3 Å². The van der Waals surface area contributed by atoms with E-state index >= 15 is 0 Å². The highest BCUT2D eigenvalue weighted by molar-refractivity contribution is 6.33. The Morgan fingerprint density at radius 3 is 2.78 bits per heavy atom. The van der Waals surface area contributed by atoms with Crippen LogP contribution in [0, 0.1) is 11.3 Å². The molecular formula is C14H20ClN3. The van der Waals surface area contributed by atoms with Crippen molar-refractivity contribution in [2.45, 2.75) is 26.3 Å². The first-order valence-electron chi connectivity index (χ1n) is 6.22. The highest BCUT2D eigenvalue weighted by atomic mass is 35.5. The van der Waals surface area contributed by atoms with E-state index in [-0.39, 0.29) is 0 Å². The van der Waals surface area contributed by atoms with E-state index in [1.54, 1.807) is 12.1 Å². The topological polar surface area (TPSA) is 39.1 Å². The molecule has 0 spiro atoms. The van der Waals surface area contributed by atoms with Gasteiger partial charge >= 0.3 is 0 Å². The minimum Gasteiger partial charge on any atom is -0.383 e. The van der Waals surface area contributed by atoms with Gasteiger partial charge < -0.3 is 10.2 Å². The third-order valence-corrected chi connectivity index (χ3v) is 3.53. The van der Waals surface area contributed by atoms with Gasteiger partial charge in [-0.05, 0) is 38.6 Å². The first-order valence-corrected chi connectivity index (χ1v) is 6.60. The quantitative estimate of drug-likeness (QED) is 0.857. The van der Waals surface area contributed by atoms with Crippen molar-refractivity contribution in [3.63, 3.8) is 0 Å². The van der Waals surface area contributed by atoms with Gasteiger partial charge in [-0.15, -0.1) is 0 Å². The molecule has 0 heterocycles. The van der Waals surface area contributed by atoms with E-state index in [0.717, 1.165) is 25.2 Å². The molecule has 0 saturated heterocycles. The van der Waals surface area contributed by atoms with Gasteiger partial charge in [0.1, 0.15) is 0 Å². The number of benzene rings is 1. The third-order valence-electron chi connectivity index (χ3n) is 3.22. The van der Waals surface area contributed by atoms with E-state index in [4.69, 9.17) is 16.9 Å². The monoisotopic (exact) mass is 265 g/mol. The molecule has 98 valence electrons. The molecular weight excluding hydrogens is 246 g/mol. The summed E-state index contributed by atoms with van der Waals surface area (Å²) in [6.07, 6.45) is 1.15. The van der Waals surface area contributed by atoms with Crippen LogP contribution in [0.2, 0.25) is 5.02 Å². The number of rotatable bonds is 6. The lowest BCUT2D eigenvalue weighted by Gasteiger charge is -2.23. The molecule has 1 aromatic carbocycles. The summed E-state index contributed by atoms with van der Waals surface area (Å²) in [4.78, 5) is 2.31. The predicted molar refractivity (Wildman–Crippen MR) is 77.0 cm³/mol. The van der Waals surface area contributed by atoms with Crippen LogP contribution in [-0.4, -0.2) is 31.1 Å². The van der Waals surface area contributed by atoms with Crippen LogP contribution >= 0.6 is 11.6 Å². The number of halogens is 1. The Labute approximate surface area is 114 Å². The molecule has 1 atom stereocenters. The summed E-state index contributed by atoms with van der Waals surface area (Å²) in [5.74, 6) is 0. The second-order valence-electron chi connectivity index (χ2n) is 4.47. The number of nitrogens with one attached hydrogen (secondary N) is 1. The molecule has 0 radical (unpaired) electrons. The maximum absolute atomic E-state index is 8.75. The number of likely N-dealkylation sites (N-methyl/N-ethyl adjacent to an activating group) is 1. The molecule has 0 fully saturated rings. The van der Waals surface area contributed by atoms with Gasteiger partial charge in [-0.3, -0.25) is 0 Å². The van der Waals surface area contributed by atoms with Crippen LogP contribution in [0.1, 0.15) is 25.8 Å². The smallest absolute Gasteiger partial charge is 0.0992 e. The standard InChI is InChI=1S/C14H20ClN3/c1-4-11(2)18(3)8-7-17-14-6-5-12(10-16)9-13(14)15/h5-6,9,11,17H,4,7-8H2,1-3H3. The van der Waals surface area contributed by atoms with E-state index in [9.17, 15) is 0 Å². The second-order valence-corrected chi connectivity index (χ2v) is 4.88. The van der Waals surface area contributed by atoms with Gasteiger partial charge in [0.2, 0.25) is 0 Å². The van der Waals surface area contributed by atoms with Crippen LogP contribution in [0.25, 0.3) is 0 Å². The fourth-order valence-electron chi connectivity index (χ4n) is 1.63. The van der Waals surface area contributed by atoms with Crippen molar-refractivity contribution in [2.24, 2.45) is 0 Å². The summed E-state index contributed by atoms with van der Waals surface area (Å²) in [6, 6.07) is 7.96. The molecule has 1 unspecified atom stereocenters. The molecule has 3 nitrogen and oxygen atoms in total. The van der Waals surface area contributed by atoms with Crippen molar-refractivity contribution in [2.75, 3.05) is 25.5 Å². The van der Waals surface area contributed by atoms with E-state index in [0.29, 0.717) is 16.6 Å². The van der Waals surface area contributed by atoms with Gasteiger partial charge in [0.25, 0.3) is 0 Å². The molecule has 0 saturated carbocycles. The van der Waals surface area contributed by atoms with Crippen molar-refractivity contribution in [1.29, 1.82) is 5.26 Å². The lowest BCUT2D eigenvalue weighted by atomic mass is 10.2. The van der Waals surface area contributed by atoms with Gasteiger partial charge in [0.05, 0.1) is 22.3 Å². The van der Waals surface area contributed by atoms with Crippen molar-refractivity contribution in [3.05, 3.63) is 28.8 Å². The van der Waals surface area contributed by atoms with Gasteiger partial charge in [-0.2, -0.15) is 5.26 Å². The van der Waals surface area contributed by atoms with Crippen LogP contribution < -0.4 is 5.32 Å². The fraction of sp³-hybridized carbons (Fsp3) is 0.500. The Morgan fingerprint density at radius 1 is 1.50 bits per heavy atom. The number of nitrogens with zero attached hydrogens (tertiary/aromatic N) is 2. The summed E-state index contributed by atoms with van der Waals surface area (Å²) >= 11 is 6.09. The minimum absolute atomic E-state index is 0.585. The Morgan fingerprint density at radius 2 is 2.22 bits per heavy atom. The maximum Gasteiger partial charge on any atom is 0.0992 e. The van der Waals surface area contributed by atoms with Crippen LogP contribution in [0.4, 0.5) is 5.69 Å². The molecule has 0 bridgehead atoms.